The van der Waals surface area contributed by atoms with Gasteiger partial charge in [-0.05, 0) is 14.1 Å². The molecule has 0 aliphatic carbocycles. The molecule has 0 heterocycles. The first-order chi connectivity index (χ1) is 6.82. The molecule has 5 nitrogen and oxygen atoms in total. The summed E-state index contributed by atoms with van der Waals surface area (Å²) in [5.41, 5.74) is 0.193. The molecule has 1 amide bonds. The summed E-state index contributed by atoms with van der Waals surface area (Å²) < 4.78 is 0. The van der Waals surface area contributed by atoms with E-state index in [0.29, 0.717) is 0 Å². The molecule has 0 saturated heterocycles. The molecule has 16 heavy (non-hydrogen) atoms. The summed E-state index contributed by atoms with van der Waals surface area (Å²) in [6.07, 6.45) is 2.00. The minimum atomic E-state index is -1.28. The third kappa shape index (κ3) is 9.26. The Bertz CT molecular complexity index is 311. The molecule has 0 unspecified atom stereocenters. The maximum Gasteiger partial charge on any atom is 1.00 e. The van der Waals surface area contributed by atoms with Crippen LogP contribution >= 0.6 is 0 Å². The molecule has 0 aromatic rings. The average molecular weight is 249 g/mol. The zero-order valence-electron chi connectivity index (χ0n) is 10.00. The SMILES string of the molecule is [CH-]=C(C)C(=[C-]C(=O)O)NC(=O)CN(C)C.[K+]. The second kappa shape index (κ2) is 9.09. The van der Waals surface area contributed by atoms with Gasteiger partial charge in [-0.3, -0.25) is 15.3 Å². The molecule has 6 heteroatoms. The zero-order valence-corrected chi connectivity index (χ0v) is 13.1. The fraction of sp³-hybridized carbons (Fsp3) is 0.400. The maximum atomic E-state index is 11.3. The second-order valence-electron chi connectivity index (χ2n) is 3.27. The number of allylic oxidation sites excluding steroid dienone is 1. The number of carboxylic acids is 1. The monoisotopic (exact) mass is 249 g/mol. The van der Waals surface area contributed by atoms with Gasteiger partial charge < -0.3 is 27.5 Å². The molecule has 0 fully saturated rings. The van der Waals surface area contributed by atoms with Crippen molar-refractivity contribution in [3.05, 3.63) is 23.9 Å². The predicted molar refractivity (Wildman–Crippen MR) is 54.6 cm³/mol. The molecule has 0 aliphatic heterocycles. The molecule has 84 valence electrons. The fourth-order valence-electron chi connectivity index (χ4n) is 0.802. The van der Waals surface area contributed by atoms with Crippen LogP contribution < -0.4 is 56.7 Å². The van der Waals surface area contributed by atoms with E-state index >= 15 is 0 Å². The number of hydrogen-bond donors (Lipinski definition) is 2. The Hall–Kier alpha value is 0.0164. The Morgan fingerprint density at radius 3 is 2.25 bits per heavy atom. The zero-order chi connectivity index (χ0) is 12.0. The molecule has 0 aliphatic rings. The third-order valence-electron chi connectivity index (χ3n) is 1.35. The van der Waals surface area contributed by atoms with E-state index in [-0.39, 0.29) is 75.1 Å². The third-order valence-corrected chi connectivity index (χ3v) is 1.35. The molecular formula is C10H14KN2O3-. The van der Waals surface area contributed by atoms with Gasteiger partial charge in [0.1, 0.15) is 0 Å². The smallest absolute Gasteiger partial charge is 0.493 e. The Kier molecular flexibility index (Phi) is 10.4. The van der Waals surface area contributed by atoms with Crippen molar-refractivity contribution in [2.45, 2.75) is 6.92 Å². The van der Waals surface area contributed by atoms with Crippen molar-refractivity contribution in [2.24, 2.45) is 0 Å². The van der Waals surface area contributed by atoms with Crippen LogP contribution in [-0.4, -0.2) is 42.5 Å². The standard InChI is InChI=1S/C10H14N2O3.K/c1-7(2)8(5-10(14)15)11-9(13)6-12(3)4;/h1H,6H2,2-4H3,(H,11,13)(H,14,15);/q-2;+1. The summed E-state index contributed by atoms with van der Waals surface area (Å²) in [6, 6.07) is 0. The van der Waals surface area contributed by atoms with Crippen LogP contribution in [0.15, 0.2) is 11.3 Å². The first-order valence-electron chi connectivity index (χ1n) is 4.23. The van der Waals surface area contributed by atoms with Crippen molar-refractivity contribution < 1.29 is 66.1 Å². The summed E-state index contributed by atoms with van der Waals surface area (Å²) in [5.74, 6) is -1.62. The van der Waals surface area contributed by atoms with Gasteiger partial charge in [-0.2, -0.15) is 0 Å². The van der Waals surface area contributed by atoms with E-state index in [1.807, 2.05) is 6.08 Å². The number of hydrogen-bond acceptors (Lipinski definition) is 3. The molecule has 0 aromatic heterocycles. The van der Waals surface area contributed by atoms with E-state index in [1.54, 1.807) is 19.0 Å². The Labute approximate surface area is 138 Å². The first-order valence-corrected chi connectivity index (χ1v) is 4.23. The van der Waals surface area contributed by atoms with E-state index in [2.05, 4.69) is 5.32 Å². The van der Waals surface area contributed by atoms with Crippen molar-refractivity contribution in [1.29, 1.82) is 0 Å². The minimum Gasteiger partial charge on any atom is -0.493 e. The second-order valence-corrected chi connectivity index (χ2v) is 3.27. The van der Waals surface area contributed by atoms with Crippen LogP contribution in [0.5, 0.6) is 0 Å². The molecule has 0 aromatic carbocycles. The van der Waals surface area contributed by atoms with Crippen LogP contribution in [0, 0.1) is 12.7 Å². The summed E-state index contributed by atoms with van der Waals surface area (Å²) in [4.78, 5) is 23.3. The number of likely N-dealkylation sites (N-methyl/N-ethyl adjacent to an activating group) is 1. The van der Waals surface area contributed by atoms with Crippen molar-refractivity contribution in [3.8, 4) is 0 Å². The van der Waals surface area contributed by atoms with Crippen molar-refractivity contribution >= 4 is 11.9 Å². The molecule has 0 saturated carbocycles. The molecule has 0 rings (SSSR count). The van der Waals surface area contributed by atoms with Crippen LogP contribution in [-0.2, 0) is 9.59 Å². The van der Waals surface area contributed by atoms with Crippen LogP contribution in [0.25, 0.3) is 0 Å². The topological polar surface area (TPSA) is 69.6 Å². The Morgan fingerprint density at radius 1 is 1.44 bits per heavy atom. The number of amides is 1. The van der Waals surface area contributed by atoms with E-state index in [0.717, 1.165) is 0 Å². The van der Waals surface area contributed by atoms with Gasteiger partial charge in [0.15, 0.2) is 0 Å². The number of nitrogens with one attached hydrogen (secondary N) is 1. The van der Waals surface area contributed by atoms with Crippen LogP contribution in [0.2, 0.25) is 0 Å². The summed E-state index contributed by atoms with van der Waals surface area (Å²) in [5, 5.41) is 10.8. The maximum absolute atomic E-state index is 11.3. The largest absolute Gasteiger partial charge is 1.00 e. The van der Waals surface area contributed by atoms with E-state index in [1.165, 1.54) is 6.92 Å². The molecular weight excluding hydrogens is 235 g/mol. The van der Waals surface area contributed by atoms with Gasteiger partial charge in [-0.1, -0.05) is 0 Å². The van der Waals surface area contributed by atoms with Gasteiger partial charge in [0.2, 0.25) is 11.9 Å². The number of carbonyl (C=O) groups excluding carboxylic acids is 1. The van der Waals surface area contributed by atoms with Crippen molar-refractivity contribution in [3.63, 3.8) is 0 Å². The van der Waals surface area contributed by atoms with Gasteiger partial charge >= 0.3 is 51.4 Å². The molecule has 0 spiro atoms. The van der Waals surface area contributed by atoms with Crippen LogP contribution in [0.1, 0.15) is 6.92 Å². The van der Waals surface area contributed by atoms with Crippen LogP contribution in [0.4, 0.5) is 0 Å². The summed E-state index contributed by atoms with van der Waals surface area (Å²) >= 11 is 0. The summed E-state index contributed by atoms with van der Waals surface area (Å²) in [7, 11) is 3.45. The number of rotatable bonds is 5. The van der Waals surface area contributed by atoms with Gasteiger partial charge in [-0.25, -0.2) is 6.08 Å². The molecule has 0 atom stereocenters. The van der Waals surface area contributed by atoms with Gasteiger partial charge in [0, 0.05) is 0 Å². The molecule has 2 N–H and O–H groups in total. The van der Waals surface area contributed by atoms with Gasteiger partial charge in [0.25, 0.3) is 0 Å². The number of carbonyl (C=O) groups is 2. The van der Waals surface area contributed by atoms with Gasteiger partial charge in [0.05, 0.1) is 6.54 Å². The van der Waals surface area contributed by atoms with E-state index in [4.69, 9.17) is 11.7 Å². The number of nitrogens with zero attached hydrogens (tertiary/aromatic N) is 1. The van der Waals surface area contributed by atoms with Crippen molar-refractivity contribution in [1.82, 2.24) is 10.2 Å². The molecule has 0 radical (unpaired) electrons. The average Bonchev–Trinajstić information content (AvgIpc) is 1.99. The predicted octanol–water partition coefficient (Wildman–Crippen LogP) is -3.18. The Morgan fingerprint density at radius 2 is 1.94 bits per heavy atom. The number of carboxylic acid groups (broad SMARTS) is 1. The fourth-order valence-corrected chi connectivity index (χ4v) is 0.802. The first kappa shape index (κ1) is 18.4. The number of aliphatic carboxylic acids is 1. The van der Waals surface area contributed by atoms with Gasteiger partial charge in [-0.15, -0.1) is 6.92 Å². The van der Waals surface area contributed by atoms with Crippen molar-refractivity contribution in [2.75, 3.05) is 20.6 Å². The van der Waals surface area contributed by atoms with E-state index < -0.39 is 5.97 Å². The normalized spacial score (nSPS) is 10.6. The Balaban J connectivity index is 0. The van der Waals surface area contributed by atoms with Crippen LogP contribution in [0.3, 0.4) is 0 Å². The van der Waals surface area contributed by atoms with E-state index in [9.17, 15) is 9.59 Å². The quantitative estimate of drug-likeness (QED) is 0.233. The minimum absolute atomic E-state index is 0. The molecule has 0 bridgehead atoms. The summed E-state index contributed by atoms with van der Waals surface area (Å²) in [6.45, 7) is 7.03.